The predicted octanol–water partition coefficient (Wildman–Crippen LogP) is 1.24. The molecule has 8 heteroatoms. The number of nitrogens with one attached hydrogen (secondary N) is 1. The van der Waals surface area contributed by atoms with Crippen molar-refractivity contribution in [2.24, 2.45) is 0 Å². The molecule has 2 heterocycles. The van der Waals surface area contributed by atoms with Crippen LogP contribution in [0.4, 0.5) is 10.3 Å². The molecular weight excluding hydrogens is 239 g/mol. The summed E-state index contributed by atoms with van der Waals surface area (Å²) < 4.78 is 17.8. The number of rotatable bonds is 2. The van der Waals surface area contributed by atoms with Crippen LogP contribution in [0.1, 0.15) is 0 Å². The van der Waals surface area contributed by atoms with E-state index < -0.39 is 0 Å². The van der Waals surface area contributed by atoms with Gasteiger partial charge in [-0.1, -0.05) is 5.16 Å². The van der Waals surface area contributed by atoms with Crippen LogP contribution in [0.5, 0.6) is 0 Å². The Bertz CT molecular complexity index is 674. The van der Waals surface area contributed by atoms with Crippen LogP contribution in [-0.4, -0.2) is 25.3 Å². The first-order chi connectivity index (χ1) is 8.72. The lowest BCUT2D eigenvalue weighted by Crippen LogP contribution is -1.85. The molecular formula is C10H7FN6O. The topological polar surface area (TPSA) is 107 Å². The van der Waals surface area contributed by atoms with Gasteiger partial charge >= 0.3 is 0 Å². The number of halogens is 1. The molecule has 0 saturated carbocycles. The molecule has 0 bridgehead atoms. The Kier molecular flexibility index (Phi) is 2.26. The van der Waals surface area contributed by atoms with E-state index in [4.69, 9.17) is 10.3 Å². The van der Waals surface area contributed by atoms with E-state index in [0.29, 0.717) is 11.4 Å². The molecule has 0 amide bonds. The highest BCUT2D eigenvalue weighted by molar-refractivity contribution is 5.56. The lowest BCUT2D eigenvalue weighted by Gasteiger charge is -1.92. The summed E-state index contributed by atoms with van der Waals surface area (Å²) in [6.45, 7) is 0. The summed E-state index contributed by atoms with van der Waals surface area (Å²) in [5.74, 6) is 0.545. The fourth-order valence-electron chi connectivity index (χ4n) is 1.41. The Morgan fingerprint density at radius 2 is 1.94 bits per heavy atom. The fourth-order valence-corrected chi connectivity index (χ4v) is 1.41. The molecule has 0 aliphatic carbocycles. The number of hydrogen-bond donors (Lipinski definition) is 2. The minimum atomic E-state index is -0.328. The van der Waals surface area contributed by atoms with Crippen molar-refractivity contribution >= 4 is 5.95 Å². The number of hydrogen-bond acceptors (Lipinski definition) is 6. The van der Waals surface area contributed by atoms with Crippen molar-refractivity contribution in [1.82, 2.24) is 25.3 Å². The maximum absolute atomic E-state index is 12.8. The standard InChI is InChI=1S/C10H7FN6O/c11-6-3-1-5(2-4-6)7-13-9(18-17-7)8-14-10(12)16-15-8/h1-4H,(H3,12,14,15,16). The van der Waals surface area contributed by atoms with E-state index in [1.807, 2.05) is 0 Å². The van der Waals surface area contributed by atoms with Crippen LogP contribution in [0.15, 0.2) is 28.8 Å². The summed E-state index contributed by atoms with van der Waals surface area (Å²) in [7, 11) is 0. The van der Waals surface area contributed by atoms with E-state index in [0.717, 1.165) is 0 Å². The van der Waals surface area contributed by atoms with Crippen molar-refractivity contribution in [3.05, 3.63) is 30.1 Å². The van der Waals surface area contributed by atoms with Gasteiger partial charge in [-0.05, 0) is 24.3 Å². The summed E-state index contributed by atoms with van der Waals surface area (Å²) in [5, 5.41) is 9.97. The highest BCUT2D eigenvalue weighted by Gasteiger charge is 2.13. The largest absolute Gasteiger partial charge is 0.366 e. The number of nitrogens with zero attached hydrogens (tertiary/aromatic N) is 4. The number of aromatic nitrogens is 5. The van der Waals surface area contributed by atoms with Gasteiger partial charge in [0.25, 0.3) is 5.89 Å². The number of nitrogen functional groups attached to an aromatic ring is 1. The molecule has 18 heavy (non-hydrogen) atoms. The average Bonchev–Trinajstić information content (AvgIpc) is 2.98. The number of anilines is 1. The maximum atomic E-state index is 12.8. The zero-order valence-corrected chi connectivity index (χ0v) is 8.96. The summed E-state index contributed by atoms with van der Waals surface area (Å²) in [6.07, 6.45) is 0. The molecule has 0 fully saturated rings. The molecule has 90 valence electrons. The highest BCUT2D eigenvalue weighted by atomic mass is 19.1. The molecule has 0 aliphatic heterocycles. The van der Waals surface area contributed by atoms with Gasteiger partial charge in [-0.3, -0.25) is 5.10 Å². The summed E-state index contributed by atoms with van der Waals surface area (Å²) in [6, 6.07) is 5.74. The lowest BCUT2D eigenvalue weighted by atomic mass is 10.2. The third-order valence-electron chi connectivity index (χ3n) is 2.23. The van der Waals surface area contributed by atoms with Gasteiger partial charge in [0.2, 0.25) is 17.6 Å². The molecule has 0 aliphatic rings. The fraction of sp³-hybridized carbons (Fsp3) is 0. The van der Waals surface area contributed by atoms with Crippen molar-refractivity contribution in [3.8, 4) is 23.1 Å². The van der Waals surface area contributed by atoms with Gasteiger partial charge in [-0.2, -0.15) is 9.97 Å². The minimum Gasteiger partial charge on any atom is -0.366 e. The first kappa shape index (κ1) is 10.4. The number of benzene rings is 1. The quantitative estimate of drug-likeness (QED) is 0.704. The molecule has 0 saturated heterocycles. The van der Waals surface area contributed by atoms with Crippen LogP contribution < -0.4 is 5.73 Å². The van der Waals surface area contributed by atoms with Crippen molar-refractivity contribution in [1.29, 1.82) is 0 Å². The minimum absolute atomic E-state index is 0.0894. The summed E-state index contributed by atoms with van der Waals surface area (Å²) >= 11 is 0. The van der Waals surface area contributed by atoms with E-state index in [1.165, 1.54) is 12.1 Å². The van der Waals surface area contributed by atoms with Gasteiger partial charge in [-0.15, -0.1) is 5.10 Å². The van der Waals surface area contributed by atoms with Crippen LogP contribution in [0.2, 0.25) is 0 Å². The van der Waals surface area contributed by atoms with Gasteiger partial charge < -0.3 is 10.3 Å². The second-order valence-electron chi connectivity index (χ2n) is 3.47. The van der Waals surface area contributed by atoms with Crippen molar-refractivity contribution in [3.63, 3.8) is 0 Å². The zero-order chi connectivity index (χ0) is 12.5. The third kappa shape index (κ3) is 1.79. The molecule has 0 radical (unpaired) electrons. The van der Waals surface area contributed by atoms with Crippen LogP contribution in [-0.2, 0) is 0 Å². The first-order valence-electron chi connectivity index (χ1n) is 5.00. The molecule has 3 N–H and O–H groups in total. The van der Waals surface area contributed by atoms with Crippen LogP contribution in [0.25, 0.3) is 23.1 Å². The van der Waals surface area contributed by atoms with Gasteiger partial charge in [0.05, 0.1) is 0 Å². The molecule has 0 unspecified atom stereocenters. The lowest BCUT2D eigenvalue weighted by molar-refractivity contribution is 0.429. The Morgan fingerprint density at radius 3 is 2.61 bits per heavy atom. The molecule has 1 aromatic carbocycles. The maximum Gasteiger partial charge on any atom is 0.295 e. The second kappa shape index (κ2) is 3.91. The summed E-state index contributed by atoms with van der Waals surface area (Å²) in [4.78, 5) is 7.96. The SMILES string of the molecule is Nc1n[nH]c(-c2nc(-c3ccc(F)cc3)no2)n1. The van der Waals surface area contributed by atoms with Gasteiger partial charge in [0.1, 0.15) is 5.82 Å². The average molecular weight is 246 g/mol. The smallest absolute Gasteiger partial charge is 0.295 e. The normalized spacial score (nSPS) is 10.7. The third-order valence-corrected chi connectivity index (χ3v) is 2.23. The van der Waals surface area contributed by atoms with Crippen molar-refractivity contribution < 1.29 is 8.91 Å². The zero-order valence-electron chi connectivity index (χ0n) is 8.96. The van der Waals surface area contributed by atoms with E-state index in [-0.39, 0.29) is 23.5 Å². The molecule has 0 spiro atoms. The number of H-pyrrole nitrogens is 1. The molecule has 3 aromatic rings. The van der Waals surface area contributed by atoms with E-state index in [2.05, 4.69) is 25.3 Å². The van der Waals surface area contributed by atoms with Crippen LogP contribution in [0.3, 0.4) is 0 Å². The van der Waals surface area contributed by atoms with E-state index >= 15 is 0 Å². The number of nitrogens with two attached hydrogens (primary N) is 1. The first-order valence-corrected chi connectivity index (χ1v) is 5.00. The Labute approximate surface area is 99.9 Å². The Balaban J connectivity index is 1.96. The molecule has 3 rings (SSSR count). The molecule has 0 atom stereocenters. The van der Waals surface area contributed by atoms with Crippen LogP contribution in [0, 0.1) is 5.82 Å². The Hall–Kier alpha value is -2.77. The van der Waals surface area contributed by atoms with E-state index in [9.17, 15) is 4.39 Å². The monoisotopic (exact) mass is 246 g/mol. The van der Waals surface area contributed by atoms with Gasteiger partial charge in [0.15, 0.2) is 0 Å². The van der Waals surface area contributed by atoms with Crippen LogP contribution >= 0.6 is 0 Å². The molecule has 7 nitrogen and oxygen atoms in total. The Morgan fingerprint density at radius 1 is 1.17 bits per heavy atom. The van der Waals surface area contributed by atoms with Crippen molar-refractivity contribution in [2.45, 2.75) is 0 Å². The van der Waals surface area contributed by atoms with Gasteiger partial charge in [0, 0.05) is 5.56 Å². The molecule has 2 aromatic heterocycles. The van der Waals surface area contributed by atoms with Gasteiger partial charge in [-0.25, -0.2) is 4.39 Å². The second-order valence-corrected chi connectivity index (χ2v) is 3.47. The summed E-state index contributed by atoms with van der Waals surface area (Å²) in [5.41, 5.74) is 6.00. The highest BCUT2D eigenvalue weighted by Crippen LogP contribution is 2.20. The number of aromatic amines is 1. The van der Waals surface area contributed by atoms with Crippen molar-refractivity contribution in [2.75, 3.05) is 5.73 Å². The van der Waals surface area contributed by atoms with E-state index in [1.54, 1.807) is 12.1 Å². The predicted molar refractivity (Wildman–Crippen MR) is 59.5 cm³/mol.